The summed E-state index contributed by atoms with van der Waals surface area (Å²) >= 11 is 0. The van der Waals surface area contributed by atoms with Crippen LogP contribution in [0.25, 0.3) is 0 Å². The van der Waals surface area contributed by atoms with Gasteiger partial charge in [0.2, 0.25) is 5.91 Å². The van der Waals surface area contributed by atoms with Crippen molar-refractivity contribution in [2.24, 2.45) is 0 Å². The molecule has 2 amide bonds. The van der Waals surface area contributed by atoms with Gasteiger partial charge in [-0.25, -0.2) is 4.79 Å². The first-order chi connectivity index (χ1) is 11.4. The summed E-state index contributed by atoms with van der Waals surface area (Å²) in [5.41, 5.74) is 0. The third kappa shape index (κ3) is 7.62. The Bertz CT molecular complexity index is 545. The minimum Gasteiger partial charge on any atom is -0.479 e. The zero-order valence-electron chi connectivity index (χ0n) is 14.2. The summed E-state index contributed by atoms with van der Waals surface area (Å²) in [7, 11) is 0. The molecule has 0 saturated carbocycles. The fourth-order valence-corrected chi connectivity index (χ4v) is 1.79. The monoisotopic (exact) mass is 336 g/mol. The highest BCUT2D eigenvalue weighted by Crippen LogP contribution is 2.13. The molecule has 0 aliphatic rings. The molecule has 0 aromatic heterocycles. The number of carbonyl (C=O) groups is 3. The molecule has 132 valence electrons. The number of esters is 1. The van der Waals surface area contributed by atoms with E-state index in [1.165, 1.54) is 0 Å². The summed E-state index contributed by atoms with van der Waals surface area (Å²) in [6.45, 7) is 4.80. The first kappa shape index (κ1) is 19.5. The number of hydrogen-bond donors (Lipinski definition) is 2. The van der Waals surface area contributed by atoms with Gasteiger partial charge in [-0.05, 0) is 32.4 Å². The molecule has 0 unspecified atom stereocenters. The van der Waals surface area contributed by atoms with Crippen LogP contribution in [0.5, 0.6) is 5.75 Å². The Morgan fingerprint density at radius 1 is 1.08 bits per heavy atom. The second-order valence-corrected chi connectivity index (χ2v) is 5.43. The number of ether oxygens (including phenoxy) is 2. The van der Waals surface area contributed by atoms with Crippen molar-refractivity contribution < 1.29 is 23.9 Å². The lowest BCUT2D eigenvalue weighted by Gasteiger charge is -2.16. The topological polar surface area (TPSA) is 93.7 Å². The molecule has 0 bridgehead atoms. The van der Waals surface area contributed by atoms with Crippen molar-refractivity contribution >= 4 is 17.8 Å². The van der Waals surface area contributed by atoms with E-state index in [-0.39, 0.29) is 18.5 Å². The SMILES string of the molecule is CC[C@H](Oc1ccccc1)C(=O)OCC(=O)NCC(=O)NC(C)C. The maximum Gasteiger partial charge on any atom is 0.347 e. The van der Waals surface area contributed by atoms with Crippen molar-refractivity contribution in [3.8, 4) is 5.75 Å². The maximum atomic E-state index is 12.0. The van der Waals surface area contributed by atoms with E-state index < -0.39 is 24.6 Å². The highest BCUT2D eigenvalue weighted by atomic mass is 16.6. The zero-order valence-corrected chi connectivity index (χ0v) is 14.2. The van der Waals surface area contributed by atoms with E-state index in [4.69, 9.17) is 9.47 Å². The zero-order chi connectivity index (χ0) is 17.9. The number of rotatable bonds is 9. The largest absolute Gasteiger partial charge is 0.479 e. The van der Waals surface area contributed by atoms with Gasteiger partial charge in [0.25, 0.3) is 5.91 Å². The van der Waals surface area contributed by atoms with Crippen LogP contribution in [0, 0.1) is 0 Å². The minimum atomic E-state index is -0.788. The molecule has 1 aromatic rings. The Kier molecular flexibility index (Phi) is 8.32. The van der Waals surface area contributed by atoms with Crippen molar-refractivity contribution in [2.45, 2.75) is 39.3 Å². The van der Waals surface area contributed by atoms with Crippen LogP contribution in [-0.4, -0.2) is 43.1 Å². The molecule has 0 radical (unpaired) electrons. The molecule has 1 aromatic carbocycles. The van der Waals surface area contributed by atoms with Crippen LogP contribution in [0.2, 0.25) is 0 Å². The minimum absolute atomic E-state index is 0.00678. The summed E-state index contributed by atoms with van der Waals surface area (Å²) in [6.07, 6.45) is -0.379. The van der Waals surface area contributed by atoms with Gasteiger partial charge in [-0.2, -0.15) is 0 Å². The van der Waals surface area contributed by atoms with Crippen LogP contribution in [0.1, 0.15) is 27.2 Å². The fourth-order valence-electron chi connectivity index (χ4n) is 1.79. The van der Waals surface area contributed by atoms with Crippen LogP contribution < -0.4 is 15.4 Å². The van der Waals surface area contributed by atoms with Gasteiger partial charge < -0.3 is 20.1 Å². The van der Waals surface area contributed by atoms with Gasteiger partial charge in [0, 0.05) is 6.04 Å². The molecular weight excluding hydrogens is 312 g/mol. The Morgan fingerprint density at radius 2 is 1.75 bits per heavy atom. The summed E-state index contributed by atoms with van der Waals surface area (Å²) in [5, 5.41) is 5.02. The Hall–Kier alpha value is -2.57. The van der Waals surface area contributed by atoms with Crippen LogP contribution in [0.3, 0.4) is 0 Å². The lowest BCUT2D eigenvalue weighted by Crippen LogP contribution is -2.41. The summed E-state index contributed by atoms with van der Waals surface area (Å²) in [4.78, 5) is 35.0. The Labute approximate surface area is 141 Å². The molecule has 1 atom stereocenters. The molecule has 24 heavy (non-hydrogen) atoms. The Balaban J connectivity index is 2.35. The number of amides is 2. The lowest BCUT2D eigenvalue weighted by atomic mass is 10.2. The molecule has 0 aliphatic carbocycles. The van der Waals surface area contributed by atoms with Crippen molar-refractivity contribution in [3.63, 3.8) is 0 Å². The molecule has 0 heterocycles. The van der Waals surface area contributed by atoms with Crippen LogP contribution in [-0.2, 0) is 19.1 Å². The fraction of sp³-hybridized carbons (Fsp3) is 0.471. The number of nitrogens with one attached hydrogen (secondary N) is 2. The lowest BCUT2D eigenvalue weighted by molar-refractivity contribution is -0.155. The molecule has 0 saturated heterocycles. The second kappa shape index (κ2) is 10.3. The molecule has 2 N–H and O–H groups in total. The first-order valence-electron chi connectivity index (χ1n) is 7.86. The quantitative estimate of drug-likeness (QED) is 0.657. The van der Waals surface area contributed by atoms with E-state index in [1.54, 1.807) is 31.2 Å². The van der Waals surface area contributed by atoms with E-state index in [1.807, 2.05) is 19.9 Å². The predicted molar refractivity (Wildman–Crippen MR) is 88.4 cm³/mol. The van der Waals surface area contributed by atoms with Crippen LogP contribution in [0.15, 0.2) is 30.3 Å². The normalized spacial score (nSPS) is 11.5. The van der Waals surface area contributed by atoms with Crippen LogP contribution >= 0.6 is 0 Å². The van der Waals surface area contributed by atoms with Crippen molar-refractivity contribution in [2.75, 3.05) is 13.2 Å². The van der Waals surface area contributed by atoms with Gasteiger partial charge in [0.1, 0.15) is 5.75 Å². The summed E-state index contributed by atoms with van der Waals surface area (Å²) in [5.74, 6) is -0.917. The molecule has 1 rings (SSSR count). The third-order valence-electron chi connectivity index (χ3n) is 2.90. The van der Waals surface area contributed by atoms with Gasteiger partial charge in [-0.3, -0.25) is 9.59 Å². The standard InChI is InChI=1S/C17H24N2O5/c1-4-14(24-13-8-6-5-7-9-13)17(22)23-11-16(21)18-10-15(20)19-12(2)3/h5-9,12,14H,4,10-11H2,1-3H3,(H,18,21)(H,19,20)/t14-/m0/s1. The van der Waals surface area contributed by atoms with Gasteiger partial charge in [0.15, 0.2) is 12.7 Å². The van der Waals surface area contributed by atoms with E-state index in [0.717, 1.165) is 0 Å². The van der Waals surface area contributed by atoms with Gasteiger partial charge >= 0.3 is 5.97 Å². The molecule has 0 spiro atoms. The maximum absolute atomic E-state index is 12.0. The number of benzene rings is 1. The van der Waals surface area contributed by atoms with E-state index >= 15 is 0 Å². The molecule has 0 aliphatic heterocycles. The number of para-hydroxylation sites is 1. The molecule has 7 heteroatoms. The van der Waals surface area contributed by atoms with Gasteiger partial charge in [-0.1, -0.05) is 25.1 Å². The predicted octanol–water partition coefficient (Wildman–Crippen LogP) is 1.03. The van der Waals surface area contributed by atoms with E-state index in [0.29, 0.717) is 12.2 Å². The molecular formula is C17H24N2O5. The molecule has 0 fully saturated rings. The smallest absolute Gasteiger partial charge is 0.347 e. The highest BCUT2D eigenvalue weighted by molar-refractivity contribution is 5.86. The second-order valence-electron chi connectivity index (χ2n) is 5.43. The van der Waals surface area contributed by atoms with Crippen molar-refractivity contribution in [1.82, 2.24) is 10.6 Å². The Morgan fingerprint density at radius 3 is 2.33 bits per heavy atom. The van der Waals surface area contributed by atoms with Crippen molar-refractivity contribution in [3.05, 3.63) is 30.3 Å². The average Bonchev–Trinajstić information content (AvgIpc) is 2.56. The van der Waals surface area contributed by atoms with Gasteiger partial charge in [0.05, 0.1) is 6.54 Å². The first-order valence-corrected chi connectivity index (χ1v) is 7.86. The molecule has 7 nitrogen and oxygen atoms in total. The van der Waals surface area contributed by atoms with E-state index in [9.17, 15) is 14.4 Å². The van der Waals surface area contributed by atoms with E-state index in [2.05, 4.69) is 10.6 Å². The third-order valence-corrected chi connectivity index (χ3v) is 2.90. The summed E-state index contributed by atoms with van der Waals surface area (Å²) in [6, 6.07) is 8.89. The average molecular weight is 336 g/mol. The highest BCUT2D eigenvalue weighted by Gasteiger charge is 2.21. The van der Waals surface area contributed by atoms with Crippen molar-refractivity contribution in [1.29, 1.82) is 0 Å². The number of hydrogen-bond acceptors (Lipinski definition) is 5. The number of carbonyl (C=O) groups excluding carboxylic acids is 3. The summed E-state index contributed by atoms with van der Waals surface area (Å²) < 4.78 is 10.5. The van der Waals surface area contributed by atoms with Crippen LogP contribution in [0.4, 0.5) is 0 Å². The van der Waals surface area contributed by atoms with Gasteiger partial charge in [-0.15, -0.1) is 0 Å².